The number of benzene rings is 1. The fourth-order valence-electron chi connectivity index (χ4n) is 3.04. The van der Waals surface area contributed by atoms with Crippen LogP contribution >= 0.6 is 11.3 Å². The van der Waals surface area contributed by atoms with E-state index in [0.29, 0.717) is 19.1 Å². The SMILES string of the molecule is Cc1csc([C@H]2CCCN(C[C@@H](O)COc3ccccc3)C2)n1. The van der Waals surface area contributed by atoms with Crippen LogP contribution in [0, 0.1) is 6.92 Å². The predicted octanol–water partition coefficient (Wildman–Crippen LogP) is 3.07. The van der Waals surface area contributed by atoms with Gasteiger partial charge in [0, 0.05) is 30.1 Å². The van der Waals surface area contributed by atoms with Crippen molar-refractivity contribution < 1.29 is 9.84 Å². The molecule has 1 aliphatic rings. The van der Waals surface area contributed by atoms with Gasteiger partial charge in [-0.1, -0.05) is 18.2 Å². The number of aliphatic hydroxyl groups is 1. The highest BCUT2D eigenvalue weighted by Crippen LogP contribution is 2.29. The lowest BCUT2D eigenvalue weighted by Crippen LogP contribution is -2.41. The Morgan fingerprint density at radius 1 is 1.39 bits per heavy atom. The van der Waals surface area contributed by atoms with Gasteiger partial charge < -0.3 is 9.84 Å². The van der Waals surface area contributed by atoms with Crippen LogP contribution in [-0.4, -0.2) is 47.3 Å². The molecule has 0 amide bonds. The lowest BCUT2D eigenvalue weighted by molar-refractivity contribution is 0.0583. The van der Waals surface area contributed by atoms with Gasteiger partial charge in [-0.15, -0.1) is 11.3 Å². The molecule has 0 aliphatic carbocycles. The van der Waals surface area contributed by atoms with Gasteiger partial charge in [0.2, 0.25) is 0 Å². The minimum absolute atomic E-state index is 0.335. The van der Waals surface area contributed by atoms with Crippen LogP contribution in [0.1, 0.15) is 29.5 Å². The lowest BCUT2D eigenvalue weighted by atomic mass is 9.98. The van der Waals surface area contributed by atoms with Gasteiger partial charge in [-0.3, -0.25) is 4.90 Å². The van der Waals surface area contributed by atoms with Gasteiger partial charge in [0.1, 0.15) is 18.5 Å². The number of para-hydroxylation sites is 1. The molecule has 0 bridgehead atoms. The summed E-state index contributed by atoms with van der Waals surface area (Å²) in [5.41, 5.74) is 1.11. The molecule has 0 radical (unpaired) electrons. The van der Waals surface area contributed by atoms with Gasteiger partial charge in [0.25, 0.3) is 0 Å². The molecule has 2 atom stereocenters. The molecule has 0 spiro atoms. The number of rotatable bonds is 6. The second-order valence-electron chi connectivity index (χ2n) is 6.20. The van der Waals surface area contributed by atoms with Crippen molar-refractivity contribution in [1.29, 1.82) is 0 Å². The van der Waals surface area contributed by atoms with Crippen LogP contribution in [0.3, 0.4) is 0 Å². The van der Waals surface area contributed by atoms with E-state index >= 15 is 0 Å². The first kappa shape index (κ1) is 16.4. The summed E-state index contributed by atoms with van der Waals surface area (Å²) in [7, 11) is 0. The van der Waals surface area contributed by atoms with Crippen LogP contribution < -0.4 is 4.74 Å². The third-order valence-corrected chi connectivity index (χ3v) is 5.27. The van der Waals surface area contributed by atoms with E-state index in [0.717, 1.165) is 31.0 Å². The number of aliphatic hydroxyl groups excluding tert-OH is 1. The number of hydrogen-bond acceptors (Lipinski definition) is 5. The summed E-state index contributed by atoms with van der Waals surface area (Å²) >= 11 is 1.76. The van der Waals surface area contributed by atoms with Crippen molar-refractivity contribution in [3.63, 3.8) is 0 Å². The second-order valence-corrected chi connectivity index (χ2v) is 7.09. The summed E-state index contributed by atoms with van der Waals surface area (Å²) < 4.78 is 5.64. The quantitative estimate of drug-likeness (QED) is 0.883. The predicted molar refractivity (Wildman–Crippen MR) is 93.2 cm³/mol. The average molecular weight is 332 g/mol. The zero-order chi connectivity index (χ0) is 16.1. The first-order valence-electron chi connectivity index (χ1n) is 8.21. The number of aromatic nitrogens is 1. The molecule has 1 aliphatic heterocycles. The van der Waals surface area contributed by atoms with Crippen molar-refractivity contribution in [2.24, 2.45) is 0 Å². The van der Waals surface area contributed by atoms with Gasteiger partial charge in [-0.05, 0) is 38.4 Å². The van der Waals surface area contributed by atoms with E-state index in [1.165, 1.54) is 11.4 Å². The molecule has 0 unspecified atom stereocenters. The third-order valence-electron chi connectivity index (χ3n) is 4.15. The monoisotopic (exact) mass is 332 g/mol. The molecule has 23 heavy (non-hydrogen) atoms. The third kappa shape index (κ3) is 4.77. The molecular formula is C18H24N2O2S. The van der Waals surface area contributed by atoms with Crippen molar-refractivity contribution in [1.82, 2.24) is 9.88 Å². The van der Waals surface area contributed by atoms with Crippen molar-refractivity contribution in [2.45, 2.75) is 31.8 Å². The number of β-amino-alcohol motifs (C(OH)–C–C–N with tert-alkyl or cyclic N) is 1. The van der Waals surface area contributed by atoms with Gasteiger partial charge in [0.05, 0.1) is 5.01 Å². The number of hydrogen-bond donors (Lipinski definition) is 1. The molecular weight excluding hydrogens is 308 g/mol. The molecule has 2 aromatic rings. The van der Waals surface area contributed by atoms with Gasteiger partial charge in [-0.2, -0.15) is 0 Å². The largest absolute Gasteiger partial charge is 0.491 e. The van der Waals surface area contributed by atoms with E-state index in [2.05, 4.69) is 15.3 Å². The molecule has 1 saturated heterocycles. The Morgan fingerprint density at radius 3 is 2.96 bits per heavy atom. The summed E-state index contributed by atoms with van der Waals surface area (Å²) in [5.74, 6) is 1.31. The number of piperidine rings is 1. The fraction of sp³-hybridized carbons (Fsp3) is 0.500. The standard InChI is InChI=1S/C18H24N2O2S/c1-14-13-23-18(19-14)15-6-5-9-20(10-15)11-16(21)12-22-17-7-3-2-4-8-17/h2-4,7-8,13,15-16,21H,5-6,9-12H2,1H3/t15-,16+/m0/s1. The fourth-order valence-corrected chi connectivity index (χ4v) is 3.97. The van der Waals surface area contributed by atoms with Crippen LogP contribution in [0.15, 0.2) is 35.7 Å². The maximum atomic E-state index is 10.2. The molecule has 5 heteroatoms. The molecule has 124 valence electrons. The Balaban J connectivity index is 1.47. The normalized spacial score (nSPS) is 20.3. The van der Waals surface area contributed by atoms with Crippen molar-refractivity contribution >= 4 is 11.3 Å². The van der Waals surface area contributed by atoms with Crippen LogP contribution in [0.2, 0.25) is 0 Å². The summed E-state index contributed by atoms with van der Waals surface area (Å²) in [6.45, 7) is 5.07. The van der Waals surface area contributed by atoms with E-state index < -0.39 is 6.10 Å². The van der Waals surface area contributed by atoms with Crippen molar-refractivity contribution in [3.05, 3.63) is 46.4 Å². The molecule has 2 heterocycles. The maximum absolute atomic E-state index is 10.2. The highest BCUT2D eigenvalue weighted by atomic mass is 32.1. The Morgan fingerprint density at radius 2 is 2.22 bits per heavy atom. The first-order valence-corrected chi connectivity index (χ1v) is 9.09. The molecule has 1 N–H and O–H groups in total. The van der Waals surface area contributed by atoms with Crippen molar-refractivity contribution in [3.8, 4) is 5.75 Å². The topological polar surface area (TPSA) is 45.6 Å². The average Bonchev–Trinajstić information content (AvgIpc) is 3.01. The Kier molecular flexibility index (Phi) is 5.65. The van der Waals surface area contributed by atoms with Gasteiger partial charge in [0.15, 0.2) is 0 Å². The molecule has 4 nitrogen and oxygen atoms in total. The maximum Gasteiger partial charge on any atom is 0.119 e. The van der Waals surface area contributed by atoms with E-state index in [4.69, 9.17) is 4.74 Å². The Labute approximate surface area is 141 Å². The second kappa shape index (κ2) is 7.90. The van der Waals surface area contributed by atoms with Crippen LogP contribution in [0.25, 0.3) is 0 Å². The highest BCUT2D eigenvalue weighted by Gasteiger charge is 2.24. The minimum atomic E-state index is -0.466. The lowest BCUT2D eigenvalue weighted by Gasteiger charge is -2.33. The number of nitrogens with zero attached hydrogens (tertiary/aromatic N) is 2. The molecule has 1 aromatic carbocycles. The number of thiazole rings is 1. The van der Waals surface area contributed by atoms with Crippen LogP contribution in [0.4, 0.5) is 0 Å². The Bertz CT molecular complexity index is 602. The molecule has 1 aromatic heterocycles. The highest BCUT2D eigenvalue weighted by molar-refractivity contribution is 7.09. The van der Waals surface area contributed by atoms with E-state index in [1.807, 2.05) is 37.3 Å². The summed E-state index contributed by atoms with van der Waals surface area (Å²) in [5, 5.41) is 13.6. The summed E-state index contributed by atoms with van der Waals surface area (Å²) in [4.78, 5) is 6.97. The summed E-state index contributed by atoms with van der Waals surface area (Å²) in [6, 6.07) is 9.65. The smallest absolute Gasteiger partial charge is 0.119 e. The van der Waals surface area contributed by atoms with Gasteiger partial charge in [-0.25, -0.2) is 4.98 Å². The van der Waals surface area contributed by atoms with E-state index in [9.17, 15) is 5.11 Å². The molecule has 0 saturated carbocycles. The summed E-state index contributed by atoms with van der Waals surface area (Å²) in [6.07, 6.45) is 1.89. The number of ether oxygens (including phenoxy) is 1. The van der Waals surface area contributed by atoms with E-state index in [-0.39, 0.29) is 0 Å². The van der Waals surface area contributed by atoms with Crippen LogP contribution in [0.5, 0.6) is 5.75 Å². The number of likely N-dealkylation sites (tertiary alicyclic amines) is 1. The van der Waals surface area contributed by atoms with Crippen LogP contribution in [-0.2, 0) is 0 Å². The minimum Gasteiger partial charge on any atom is -0.491 e. The zero-order valence-electron chi connectivity index (χ0n) is 13.5. The first-order chi connectivity index (χ1) is 11.2. The van der Waals surface area contributed by atoms with Crippen molar-refractivity contribution in [2.75, 3.05) is 26.2 Å². The van der Waals surface area contributed by atoms with E-state index in [1.54, 1.807) is 11.3 Å². The van der Waals surface area contributed by atoms with Gasteiger partial charge >= 0.3 is 0 Å². The molecule has 3 rings (SSSR count). The zero-order valence-corrected chi connectivity index (χ0v) is 14.3. The molecule has 1 fully saturated rings. The Hall–Kier alpha value is -1.43. The number of aryl methyl sites for hydroxylation is 1.